The molecule has 1 N–H and O–H groups in total. The summed E-state index contributed by atoms with van der Waals surface area (Å²) in [5, 5.41) is 3.04. The lowest BCUT2D eigenvalue weighted by atomic mass is 10.0. The Morgan fingerprint density at radius 1 is 1.27 bits per heavy atom. The van der Waals surface area contributed by atoms with Gasteiger partial charge in [-0.15, -0.1) is 0 Å². The zero-order valence-corrected chi connectivity index (χ0v) is 14.6. The monoisotopic (exact) mass is 367 g/mol. The molecule has 5 heteroatoms. The van der Waals surface area contributed by atoms with Crippen LogP contribution in [0.25, 0.3) is 0 Å². The van der Waals surface area contributed by atoms with E-state index in [0.717, 1.165) is 23.0 Å². The number of hydrogen-bond donors (Lipinski definition) is 1. The number of carbonyl (C=O) groups excluding carboxylic acids is 2. The normalized spacial score (nSPS) is 11.3. The first kappa shape index (κ1) is 18.6. The van der Waals surface area contributed by atoms with E-state index in [4.69, 9.17) is 4.74 Å². The number of allylic oxidation sites excluding steroid dienone is 1. The van der Waals surface area contributed by atoms with Gasteiger partial charge in [-0.1, -0.05) is 34.1 Å². The van der Waals surface area contributed by atoms with Gasteiger partial charge in [0.05, 0.1) is 12.2 Å². The zero-order chi connectivity index (χ0) is 16.4. The summed E-state index contributed by atoms with van der Waals surface area (Å²) in [7, 11) is 1.87. The molecule has 22 heavy (non-hydrogen) atoms. The molecule has 0 saturated heterocycles. The molecule has 0 radical (unpaired) electrons. The van der Waals surface area contributed by atoms with E-state index in [0.29, 0.717) is 6.42 Å². The highest BCUT2D eigenvalue weighted by molar-refractivity contribution is 9.10. The molecule has 0 bridgehead atoms. The molecular formula is C17H22BrNO3. The summed E-state index contributed by atoms with van der Waals surface area (Å²) < 4.78 is 5.94. The largest absolute Gasteiger partial charge is 0.462 e. The van der Waals surface area contributed by atoms with Crippen molar-refractivity contribution >= 4 is 27.7 Å². The number of rotatable bonds is 9. The maximum absolute atomic E-state index is 12.4. The number of nitrogens with one attached hydrogen (secondary N) is 1. The Balaban J connectivity index is 2.77. The number of Topliss-reactive ketones (excluding diaryl/α,β-unsaturated/α-hetero) is 1. The minimum atomic E-state index is -0.533. The van der Waals surface area contributed by atoms with Crippen molar-refractivity contribution in [3.63, 3.8) is 0 Å². The molecule has 0 heterocycles. The van der Waals surface area contributed by atoms with Gasteiger partial charge in [0.2, 0.25) is 0 Å². The molecule has 1 rings (SSSR count). The first-order chi connectivity index (χ1) is 10.6. The molecule has 0 spiro atoms. The van der Waals surface area contributed by atoms with Crippen molar-refractivity contribution < 1.29 is 14.3 Å². The van der Waals surface area contributed by atoms with Crippen LogP contribution in [0, 0.1) is 0 Å². The molecule has 0 aliphatic heterocycles. The SMILES string of the molecule is CCOC(=O)C(=CCCCNC)C(=O)Cc1ccc(Br)cc1. The molecular weight excluding hydrogens is 346 g/mol. The second kappa shape index (κ2) is 10.3. The maximum atomic E-state index is 12.4. The Morgan fingerprint density at radius 3 is 2.55 bits per heavy atom. The second-order valence-corrected chi connectivity index (χ2v) is 5.73. The predicted molar refractivity (Wildman–Crippen MR) is 90.7 cm³/mol. The van der Waals surface area contributed by atoms with Gasteiger partial charge >= 0.3 is 5.97 Å². The van der Waals surface area contributed by atoms with Gasteiger partial charge in [0.25, 0.3) is 0 Å². The molecule has 120 valence electrons. The van der Waals surface area contributed by atoms with E-state index in [2.05, 4.69) is 21.2 Å². The summed E-state index contributed by atoms with van der Waals surface area (Å²) in [4.78, 5) is 24.3. The van der Waals surface area contributed by atoms with Gasteiger partial charge in [-0.05, 0) is 51.1 Å². The lowest BCUT2D eigenvalue weighted by molar-refractivity contribution is -0.140. The first-order valence-electron chi connectivity index (χ1n) is 7.38. The van der Waals surface area contributed by atoms with E-state index >= 15 is 0 Å². The average Bonchev–Trinajstić information content (AvgIpc) is 2.49. The van der Waals surface area contributed by atoms with Gasteiger partial charge in [-0.25, -0.2) is 4.79 Å². The number of carbonyl (C=O) groups is 2. The van der Waals surface area contributed by atoms with Crippen LogP contribution in [0.5, 0.6) is 0 Å². The van der Waals surface area contributed by atoms with Gasteiger partial charge < -0.3 is 10.1 Å². The molecule has 0 aliphatic rings. The zero-order valence-electron chi connectivity index (χ0n) is 13.0. The first-order valence-corrected chi connectivity index (χ1v) is 8.17. The van der Waals surface area contributed by atoms with Crippen LogP contribution in [-0.4, -0.2) is 32.0 Å². The second-order valence-electron chi connectivity index (χ2n) is 4.81. The van der Waals surface area contributed by atoms with Crippen LogP contribution in [0.4, 0.5) is 0 Å². The van der Waals surface area contributed by atoms with Crippen molar-refractivity contribution in [3.8, 4) is 0 Å². The molecule has 0 aliphatic carbocycles. The third kappa shape index (κ3) is 6.54. The Bertz CT molecular complexity index is 523. The molecule has 1 aromatic carbocycles. The molecule has 0 fully saturated rings. The van der Waals surface area contributed by atoms with E-state index in [9.17, 15) is 9.59 Å². The summed E-state index contributed by atoms with van der Waals surface area (Å²) in [6, 6.07) is 7.49. The fraction of sp³-hybridized carbons (Fsp3) is 0.412. The highest BCUT2D eigenvalue weighted by Crippen LogP contribution is 2.13. The molecule has 1 aromatic rings. The van der Waals surface area contributed by atoms with Crippen LogP contribution in [0.2, 0.25) is 0 Å². The fourth-order valence-corrected chi connectivity index (χ4v) is 2.19. The number of unbranched alkanes of at least 4 members (excludes halogenated alkanes) is 1. The van der Waals surface area contributed by atoms with E-state index in [1.165, 1.54) is 0 Å². The number of benzene rings is 1. The van der Waals surface area contributed by atoms with Gasteiger partial charge in [0, 0.05) is 10.9 Å². The summed E-state index contributed by atoms with van der Waals surface area (Å²) in [5.74, 6) is -0.737. The van der Waals surface area contributed by atoms with Crippen LogP contribution in [0.15, 0.2) is 40.4 Å². The van der Waals surface area contributed by atoms with E-state index in [1.54, 1.807) is 13.0 Å². The van der Waals surface area contributed by atoms with Crippen molar-refractivity contribution in [2.24, 2.45) is 0 Å². The minimum Gasteiger partial charge on any atom is -0.462 e. The Kier molecular flexibility index (Phi) is 8.70. The number of halogens is 1. The third-order valence-corrected chi connectivity index (χ3v) is 3.58. The lowest BCUT2D eigenvalue weighted by Gasteiger charge is -2.07. The van der Waals surface area contributed by atoms with Crippen molar-refractivity contribution in [1.82, 2.24) is 5.32 Å². The fourth-order valence-electron chi connectivity index (χ4n) is 1.93. The van der Waals surface area contributed by atoms with Crippen molar-refractivity contribution in [3.05, 3.63) is 46.0 Å². The molecule has 0 amide bonds. The maximum Gasteiger partial charge on any atom is 0.341 e. The lowest BCUT2D eigenvalue weighted by Crippen LogP contribution is -2.18. The Hall–Kier alpha value is -1.46. The molecule has 0 unspecified atom stereocenters. The number of ketones is 1. The van der Waals surface area contributed by atoms with E-state index in [1.807, 2.05) is 31.3 Å². The van der Waals surface area contributed by atoms with Gasteiger partial charge in [0.1, 0.15) is 0 Å². The summed E-state index contributed by atoms with van der Waals surface area (Å²) in [6.07, 6.45) is 3.42. The molecule has 0 atom stereocenters. The summed E-state index contributed by atoms with van der Waals surface area (Å²) in [6.45, 7) is 2.83. The Morgan fingerprint density at radius 2 is 1.95 bits per heavy atom. The van der Waals surface area contributed by atoms with Crippen molar-refractivity contribution in [2.75, 3.05) is 20.2 Å². The summed E-state index contributed by atoms with van der Waals surface area (Å²) >= 11 is 3.36. The quantitative estimate of drug-likeness (QED) is 0.239. The van der Waals surface area contributed by atoms with Crippen LogP contribution in [0.3, 0.4) is 0 Å². The highest BCUT2D eigenvalue weighted by atomic mass is 79.9. The predicted octanol–water partition coefficient (Wildman–Crippen LogP) is 3.05. The summed E-state index contributed by atoms with van der Waals surface area (Å²) in [5.41, 5.74) is 1.03. The minimum absolute atomic E-state index is 0.154. The van der Waals surface area contributed by atoms with Crippen LogP contribution < -0.4 is 5.32 Å². The highest BCUT2D eigenvalue weighted by Gasteiger charge is 2.19. The van der Waals surface area contributed by atoms with Gasteiger partial charge in [0.15, 0.2) is 5.78 Å². The molecule has 0 saturated carbocycles. The number of hydrogen-bond acceptors (Lipinski definition) is 4. The third-order valence-electron chi connectivity index (χ3n) is 3.05. The standard InChI is InChI=1S/C17H22BrNO3/c1-3-22-17(21)15(6-4-5-11-19-2)16(20)12-13-7-9-14(18)10-8-13/h6-10,19H,3-5,11-12H2,1-2H3. The number of ether oxygens (including phenoxy) is 1. The van der Waals surface area contributed by atoms with Crippen LogP contribution in [-0.2, 0) is 20.7 Å². The van der Waals surface area contributed by atoms with E-state index in [-0.39, 0.29) is 24.4 Å². The average molecular weight is 368 g/mol. The molecule has 0 aromatic heterocycles. The van der Waals surface area contributed by atoms with Gasteiger partial charge in [-0.3, -0.25) is 4.79 Å². The topological polar surface area (TPSA) is 55.4 Å². The van der Waals surface area contributed by atoms with Gasteiger partial charge in [-0.2, -0.15) is 0 Å². The smallest absolute Gasteiger partial charge is 0.341 e. The number of esters is 1. The van der Waals surface area contributed by atoms with Crippen LogP contribution >= 0.6 is 15.9 Å². The molecule has 4 nitrogen and oxygen atoms in total. The Labute approximate surface area is 140 Å². The van der Waals surface area contributed by atoms with Crippen molar-refractivity contribution in [1.29, 1.82) is 0 Å². The van der Waals surface area contributed by atoms with Crippen molar-refractivity contribution in [2.45, 2.75) is 26.2 Å². The van der Waals surface area contributed by atoms with Crippen LogP contribution in [0.1, 0.15) is 25.3 Å². The van der Waals surface area contributed by atoms with E-state index < -0.39 is 5.97 Å².